The number of aryl methyl sites for hydroxylation is 2. The second-order valence-electron chi connectivity index (χ2n) is 15.1. The number of nitrogens with one attached hydrogen (secondary N) is 3. The first-order valence-electron chi connectivity index (χ1n) is 22.1. The summed E-state index contributed by atoms with van der Waals surface area (Å²) >= 11 is 0. The zero-order chi connectivity index (χ0) is 47.6. The van der Waals surface area contributed by atoms with Crippen LogP contribution in [0.15, 0.2) is 55.1 Å². The van der Waals surface area contributed by atoms with Crippen molar-refractivity contribution < 1.29 is 61.8 Å². The molecular formula is C44H64N10O13. The number of benzene rings is 1. The van der Waals surface area contributed by atoms with Crippen LogP contribution in [0, 0.1) is 5.92 Å². The van der Waals surface area contributed by atoms with Crippen molar-refractivity contribution in [2.24, 2.45) is 25.7 Å². The van der Waals surface area contributed by atoms with Gasteiger partial charge in [-0.1, -0.05) is 0 Å². The molecule has 67 heavy (non-hydrogen) atoms. The largest absolute Gasteiger partial charge is 0.491 e. The highest BCUT2D eigenvalue weighted by atomic mass is 16.6. The van der Waals surface area contributed by atoms with E-state index in [4.69, 9.17) is 54.1 Å². The normalized spacial score (nSPS) is 14.4. The number of hydrogen-bond donors (Lipinski definition) is 5. The number of carbonyl (C=O) groups excluding carboxylic acids is 4. The van der Waals surface area contributed by atoms with Crippen molar-refractivity contribution in [3.8, 4) is 11.4 Å². The van der Waals surface area contributed by atoms with Crippen molar-refractivity contribution in [3.63, 3.8) is 0 Å². The minimum atomic E-state index is -0.687. The molecule has 23 nitrogen and oxygen atoms in total. The molecule has 7 N–H and O–H groups in total. The van der Waals surface area contributed by atoms with Gasteiger partial charge in [-0.3, -0.25) is 23.7 Å². The summed E-state index contributed by atoms with van der Waals surface area (Å²) in [6.07, 6.45) is 7.16. The van der Waals surface area contributed by atoms with E-state index < -0.39 is 11.8 Å². The smallest absolute Gasteiger partial charge is 0.287 e. The Labute approximate surface area is 389 Å². The maximum Gasteiger partial charge on any atom is 0.287 e. The number of hydrogen-bond acceptors (Lipinski definition) is 16. The van der Waals surface area contributed by atoms with Crippen LogP contribution in [-0.4, -0.2) is 172 Å². The van der Waals surface area contributed by atoms with Crippen molar-refractivity contribution >= 4 is 35.1 Å². The maximum absolute atomic E-state index is 13.0. The van der Waals surface area contributed by atoms with Gasteiger partial charge in [0, 0.05) is 63.1 Å². The van der Waals surface area contributed by atoms with Crippen LogP contribution < -0.4 is 32.2 Å². The lowest BCUT2D eigenvalue weighted by Crippen LogP contribution is -2.48. The summed E-state index contributed by atoms with van der Waals surface area (Å²) in [6.45, 7) is 7.65. The summed E-state index contributed by atoms with van der Waals surface area (Å²) < 4.78 is 54.3. The molecule has 1 aliphatic rings. The van der Waals surface area contributed by atoms with E-state index in [1.165, 1.54) is 15.3 Å². The summed E-state index contributed by atoms with van der Waals surface area (Å²) in [4.78, 5) is 58.6. The molecule has 23 heteroatoms. The summed E-state index contributed by atoms with van der Waals surface area (Å²) in [5.74, 6) is -0.824. The van der Waals surface area contributed by atoms with Crippen LogP contribution in [0.1, 0.15) is 44.6 Å². The number of nitrogens with zero attached hydrogens (tertiary/aromatic N) is 5. The molecule has 3 aromatic heterocycles. The van der Waals surface area contributed by atoms with Gasteiger partial charge in [0.15, 0.2) is 5.82 Å². The van der Waals surface area contributed by atoms with Crippen LogP contribution in [0.3, 0.4) is 0 Å². The monoisotopic (exact) mass is 940 g/mol. The molecule has 0 bridgehead atoms. The summed E-state index contributed by atoms with van der Waals surface area (Å²) in [5, 5.41) is 8.47. The molecule has 0 unspecified atom stereocenters. The zero-order valence-electron chi connectivity index (χ0n) is 38.2. The molecule has 1 aromatic carbocycles. The number of imidazole rings is 2. The van der Waals surface area contributed by atoms with Crippen molar-refractivity contribution in [1.29, 1.82) is 0 Å². The lowest BCUT2D eigenvalue weighted by molar-refractivity contribution is -0.122. The molecule has 0 radical (unpaired) electrons. The second-order valence-corrected chi connectivity index (χ2v) is 15.1. The van der Waals surface area contributed by atoms with Crippen molar-refractivity contribution in [1.82, 2.24) is 34.3 Å². The molecular weight excluding hydrogens is 877 g/mol. The molecule has 1 aliphatic carbocycles. The van der Waals surface area contributed by atoms with E-state index in [1.807, 2.05) is 12.1 Å². The molecule has 4 aromatic rings. The zero-order valence-corrected chi connectivity index (χ0v) is 38.2. The Balaban J connectivity index is 0.763. The standard InChI is InChI=1S/C44H64N10O13/c1-52-30-35(54-9-7-47-40(54)39(46)55)29-37(52)43(57)49-34-27-32(28-34)42(56)51-38-31-53(2)41(50-38)44(58)48-8-10-59-11-12-60-13-14-61-15-16-62-17-18-63-19-20-64-21-22-65-23-24-66-25-26-67-36-5-3-33(45)4-6-36/h3-7,9,29-32,34H,8,10-28,45H2,1-2H3,(H2,46,55)(H,48,58)(H,49,57)(H,51,56). The molecule has 5 rings (SSSR count). The van der Waals surface area contributed by atoms with Gasteiger partial charge in [0.05, 0.1) is 111 Å². The molecule has 1 saturated carbocycles. The van der Waals surface area contributed by atoms with E-state index in [0.717, 1.165) is 5.75 Å². The van der Waals surface area contributed by atoms with Gasteiger partial charge in [-0.05, 0) is 43.2 Å². The van der Waals surface area contributed by atoms with Crippen LogP contribution in [0.5, 0.6) is 5.75 Å². The SMILES string of the molecule is Cn1cc(-n2ccnc2C(N)=O)cc1C(=O)NC1CC(C(=O)Nc2cn(C)c(C(=O)NCCOCCOCCOCCOCCOCCOCCOCCOCCOc3ccc(N)cc3)n2)C1. The van der Waals surface area contributed by atoms with Gasteiger partial charge in [-0.2, -0.15) is 0 Å². The van der Waals surface area contributed by atoms with Crippen molar-refractivity contribution in [2.75, 3.05) is 130 Å². The van der Waals surface area contributed by atoms with Crippen molar-refractivity contribution in [2.45, 2.75) is 18.9 Å². The molecule has 1 fully saturated rings. The Hall–Kier alpha value is -5.92. The topological polar surface area (TPSA) is 280 Å². The molecule has 0 spiro atoms. The Morgan fingerprint density at radius 3 is 1.73 bits per heavy atom. The molecule has 4 amide bonds. The Kier molecular flexibility index (Phi) is 22.5. The molecule has 368 valence electrons. The maximum atomic E-state index is 13.0. The Bertz CT molecular complexity index is 2100. The third-order valence-electron chi connectivity index (χ3n) is 10.0. The summed E-state index contributed by atoms with van der Waals surface area (Å²) in [6, 6.07) is 8.65. The highest BCUT2D eigenvalue weighted by Crippen LogP contribution is 2.29. The first kappa shape index (κ1) is 52.1. The van der Waals surface area contributed by atoms with Gasteiger partial charge in [-0.15, -0.1) is 0 Å². The third-order valence-corrected chi connectivity index (χ3v) is 10.0. The van der Waals surface area contributed by atoms with Crippen LogP contribution >= 0.6 is 0 Å². The fourth-order valence-electron chi connectivity index (χ4n) is 6.51. The lowest BCUT2D eigenvalue weighted by atomic mass is 9.79. The highest BCUT2D eigenvalue weighted by Gasteiger charge is 2.36. The quantitative estimate of drug-likeness (QED) is 0.0314. The first-order chi connectivity index (χ1) is 32.6. The lowest BCUT2D eigenvalue weighted by Gasteiger charge is -2.34. The number of nitrogen functional groups attached to an aromatic ring is 1. The number of anilines is 2. The highest BCUT2D eigenvalue weighted by molar-refractivity contribution is 5.96. The van der Waals surface area contributed by atoms with E-state index in [0.29, 0.717) is 136 Å². The average molecular weight is 941 g/mol. The summed E-state index contributed by atoms with van der Waals surface area (Å²) in [5.41, 5.74) is 12.7. The number of rotatable bonds is 35. The van der Waals surface area contributed by atoms with Gasteiger partial charge in [-0.25, -0.2) is 9.97 Å². The predicted molar refractivity (Wildman–Crippen MR) is 242 cm³/mol. The van der Waals surface area contributed by atoms with Crippen LogP contribution in [0.25, 0.3) is 5.69 Å². The fraction of sp³-hybridized carbons (Fsp3) is 0.545. The second kappa shape index (κ2) is 29.0. The summed E-state index contributed by atoms with van der Waals surface area (Å²) in [7, 11) is 3.37. The van der Waals surface area contributed by atoms with Crippen LogP contribution in [0.4, 0.5) is 11.5 Å². The Morgan fingerprint density at radius 2 is 1.19 bits per heavy atom. The molecule has 3 heterocycles. The molecule has 0 aliphatic heterocycles. The van der Waals surface area contributed by atoms with Crippen LogP contribution in [-0.2, 0) is 56.8 Å². The van der Waals surface area contributed by atoms with E-state index in [9.17, 15) is 19.2 Å². The number of nitrogens with two attached hydrogens (primary N) is 2. The van der Waals surface area contributed by atoms with E-state index in [1.54, 1.807) is 55.5 Å². The molecule has 0 atom stereocenters. The number of amides is 4. The number of carbonyl (C=O) groups is 4. The number of primary amides is 1. The van der Waals surface area contributed by atoms with E-state index >= 15 is 0 Å². The van der Waals surface area contributed by atoms with E-state index in [2.05, 4.69) is 25.9 Å². The minimum Gasteiger partial charge on any atom is -0.491 e. The van der Waals surface area contributed by atoms with Gasteiger partial charge in [0.2, 0.25) is 17.6 Å². The number of aromatic nitrogens is 5. The van der Waals surface area contributed by atoms with Gasteiger partial charge in [0.1, 0.15) is 18.1 Å². The first-order valence-corrected chi connectivity index (χ1v) is 22.1. The Morgan fingerprint density at radius 1 is 0.672 bits per heavy atom. The number of ether oxygens (including phenoxy) is 9. The minimum absolute atomic E-state index is 0.0540. The fourth-order valence-corrected chi connectivity index (χ4v) is 6.51. The average Bonchev–Trinajstić information content (AvgIpc) is 4.04. The van der Waals surface area contributed by atoms with E-state index in [-0.39, 0.29) is 54.4 Å². The predicted octanol–water partition coefficient (Wildman–Crippen LogP) is 0.714. The van der Waals surface area contributed by atoms with Crippen LogP contribution in [0.2, 0.25) is 0 Å². The van der Waals surface area contributed by atoms with Gasteiger partial charge >= 0.3 is 0 Å². The molecule has 0 saturated heterocycles. The third kappa shape index (κ3) is 18.4. The van der Waals surface area contributed by atoms with Gasteiger partial charge < -0.3 is 79.2 Å². The van der Waals surface area contributed by atoms with Gasteiger partial charge in [0.25, 0.3) is 17.7 Å². The van der Waals surface area contributed by atoms with Crippen molar-refractivity contribution in [3.05, 3.63) is 72.5 Å².